The van der Waals surface area contributed by atoms with Gasteiger partial charge in [0.25, 0.3) is 5.91 Å². The van der Waals surface area contributed by atoms with E-state index in [0.29, 0.717) is 23.8 Å². The van der Waals surface area contributed by atoms with Gasteiger partial charge in [0, 0.05) is 59.3 Å². The Labute approximate surface area is 195 Å². The number of amides is 1. The molecule has 0 radical (unpaired) electrons. The molecule has 4 heterocycles. The van der Waals surface area contributed by atoms with Crippen LogP contribution in [0.15, 0.2) is 61.2 Å². The summed E-state index contributed by atoms with van der Waals surface area (Å²) in [7, 11) is 0. The van der Waals surface area contributed by atoms with E-state index in [2.05, 4.69) is 32.5 Å². The predicted octanol–water partition coefficient (Wildman–Crippen LogP) is 4.96. The van der Waals surface area contributed by atoms with Gasteiger partial charge in [-0.25, -0.2) is 9.97 Å². The van der Waals surface area contributed by atoms with Gasteiger partial charge in [-0.1, -0.05) is 19.1 Å². The van der Waals surface area contributed by atoms with Crippen molar-refractivity contribution in [2.75, 3.05) is 17.2 Å². The van der Waals surface area contributed by atoms with Crippen molar-refractivity contribution in [1.29, 1.82) is 0 Å². The molecule has 7 nitrogen and oxygen atoms in total. The Hall–Kier alpha value is -3.78. The lowest BCUT2D eigenvalue weighted by atomic mass is 10.0. The van der Waals surface area contributed by atoms with Gasteiger partial charge in [-0.2, -0.15) is 0 Å². The molecule has 0 saturated heterocycles. The zero-order valence-electron chi connectivity index (χ0n) is 18.2. The topological polar surface area (TPSA) is 89.0 Å². The highest BCUT2D eigenvalue weighted by molar-refractivity contribution is 7.15. The Morgan fingerprint density at radius 1 is 1.15 bits per heavy atom. The van der Waals surface area contributed by atoms with Crippen molar-refractivity contribution in [2.45, 2.75) is 26.3 Å². The van der Waals surface area contributed by atoms with Gasteiger partial charge in [0.1, 0.15) is 11.6 Å². The second-order valence-corrected chi connectivity index (χ2v) is 8.77. The molecule has 1 aliphatic heterocycles. The van der Waals surface area contributed by atoms with Crippen LogP contribution in [-0.4, -0.2) is 27.5 Å². The molecule has 1 aliphatic rings. The van der Waals surface area contributed by atoms with Crippen LogP contribution in [0.3, 0.4) is 0 Å². The fourth-order valence-corrected chi connectivity index (χ4v) is 4.53. The number of benzene rings is 1. The third-order valence-corrected chi connectivity index (χ3v) is 6.55. The number of pyridine rings is 2. The number of anilines is 2. The number of hydrogen-bond donors (Lipinski definition) is 2. The Balaban J connectivity index is 1.30. The second-order valence-electron chi connectivity index (χ2n) is 7.66. The number of carbonyl (C=O) groups is 1. The SMILES string of the molecule is CCc1cnc(NC(=O)c2cccc(CNc3ncc(-c4ccncc4)c4c3CCO4)c2)s1. The van der Waals surface area contributed by atoms with E-state index in [0.717, 1.165) is 51.5 Å². The van der Waals surface area contributed by atoms with Crippen LogP contribution in [0.5, 0.6) is 5.75 Å². The molecule has 8 heteroatoms. The summed E-state index contributed by atoms with van der Waals surface area (Å²) in [6, 6.07) is 11.5. The number of ether oxygens (including phenoxy) is 1. The summed E-state index contributed by atoms with van der Waals surface area (Å²) >= 11 is 1.50. The molecule has 3 aromatic heterocycles. The number of fused-ring (bicyclic) bond motifs is 1. The Morgan fingerprint density at radius 3 is 2.85 bits per heavy atom. The molecule has 0 unspecified atom stereocenters. The maximum absolute atomic E-state index is 12.7. The first-order valence-electron chi connectivity index (χ1n) is 10.8. The zero-order valence-corrected chi connectivity index (χ0v) is 19.0. The smallest absolute Gasteiger partial charge is 0.257 e. The summed E-state index contributed by atoms with van der Waals surface area (Å²) in [4.78, 5) is 26.8. The van der Waals surface area contributed by atoms with E-state index in [1.165, 1.54) is 11.3 Å². The summed E-state index contributed by atoms with van der Waals surface area (Å²) in [6.45, 7) is 3.25. The molecule has 0 fully saturated rings. The molecule has 5 rings (SSSR count). The van der Waals surface area contributed by atoms with Crippen LogP contribution in [-0.2, 0) is 19.4 Å². The van der Waals surface area contributed by atoms with Crippen LogP contribution in [0.1, 0.15) is 33.3 Å². The monoisotopic (exact) mass is 457 g/mol. The number of hydrogen-bond acceptors (Lipinski definition) is 7. The van der Waals surface area contributed by atoms with Gasteiger partial charge in [-0.3, -0.25) is 15.1 Å². The van der Waals surface area contributed by atoms with Gasteiger partial charge in [0.2, 0.25) is 0 Å². The maximum atomic E-state index is 12.7. The van der Waals surface area contributed by atoms with Crippen LogP contribution < -0.4 is 15.4 Å². The Bertz CT molecular complexity index is 1290. The first kappa shape index (κ1) is 21.1. The first-order chi connectivity index (χ1) is 16.2. The van der Waals surface area contributed by atoms with Crippen molar-refractivity contribution < 1.29 is 9.53 Å². The summed E-state index contributed by atoms with van der Waals surface area (Å²) in [5.41, 5.74) is 4.67. The van der Waals surface area contributed by atoms with E-state index in [4.69, 9.17) is 4.74 Å². The van der Waals surface area contributed by atoms with Crippen LogP contribution >= 0.6 is 11.3 Å². The predicted molar refractivity (Wildman–Crippen MR) is 130 cm³/mol. The molecule has 33 heavy (non-hydrogen) atoms. The summed E-state index contributed by atoms with van der Waals surface area (Å²) in [5.74, 6) is 1.52. The van der Waals surface area contributed by atoms with Crippen molar-refractivity contribution in [2.24, 2.45) is 0 Å². The highest BCUT2D eigenvalue weighted by atomic mass is 32.1. The lowest BCUT2D eigenvalue weighted by Crippen LogP contribution is -2.12. The normalized spacial score (nSPS) is 12.2. The van der Waals surface area contributed by atoms with Gasteiger partial charge in [-0.15, -0.1) is 11.3 Å². The highest BCUT2D eigenvalue weighted by Crippen LogP contribution is 2.39. The molecular formula is C25H23N5O2S. The first-order valence-corrected chi connectivity index (χ1v) is 11.7. The van der Waals surface area contributed by atoms with Gasteiger partial charge in [-0.05, 0) is 41.8 Å². The fraction of sp³-hybridized carbons (Fsp3) is 0.200. The van der Waals surface area contributed by atoms with Gasteiger partial charge >= 0.3 is 0 Å². The van der Waals surface area contributed by atoms with Crippen molar-refractivity contribution in [3.63, 3.8) is 0 Å². The van der Waals surface area contributed by atoms with E-state index in [1.54, 1.807) is 24.7 Å². The maximum Gasteiger partial charge on any atom is 0.257 e. The fourth-order valence-electron chi connectivity index (χ4n) is 3.78. The number of carbonyl (C=O) groups excluding carboxylic acids is 1. The van der Waals surface area contributed by atoms with Crippen LogP contribution in [0.25, 0.3) is 11.1 Å². The number of nitrogens with one attached hydrogen (secondary N) is 2. The largest absolute Gasteiger partial charge is 0.492 e. The van der Waals surface area contributed by atoms with E-state index in [1.807, 2.05) is 36.5 Å². The molecule has 2 N–H and O–H groups in total. The van der Waals surface area contributed by atoms with Crippen LogP contribution in [0, 0.1) is 0 Å². The van der Waals surface area contributed by atoms with Crippen LogP contribution in [0.2, 0.25) is 0 Å². The van der Waals surface area contributed by atoms with Gasteiger partial charge in [0.05, 0.1) is 6.61 Å². The average molecular weight is 458 g/mol. The van der Waals surface area contributed by atoms with Crippen LogP contribution in [0.4, 0.5) is 10.9 Å². The zero-order chi connectivity index (χ0) is 22.6. The van der Waals surface area contributed by atoms with E-state index >= 15 is 0 Å². The summed E-state index contributed by atoms with van der Waals surface area (Å²) in [6.07, 6.45) is 8.88. The third kappa shape index (κ3) is 4.56. The Morgan fingerprint density at radius 2 is 2.03 bits per heavy atom. The molecule has 0 atom stereocenters. The van der Waals surface area contributed by atoms with E-state index < -0.39 is 0 Å². The lowest BCUT2D eigenvalue weighted by Gasteiger charge is -2.13. The van der Waals surface area contributed by atoms with Crippen molar-refractivity contribution in [3.05, 3.63) is 82.8 Å². The molecule has 1 amide bonds. The summed E-state index contributed by atoms with van der Waals surface area (Å²) in [5, 5.41) is 6.93. The molecule has 4 aromatic rings. The number of nitrogens with zero attached hydrogens (tertiary/aromatic N) is 3. The van der Waals surface area contributed by atoms with Gasteiger partial charge < -0.3 is 10.1 Å². The van der Waals surface area contributed by atoms with Gasteiger partial charge in [0.15, 0.2) is 5.13 Å². The number of aromatic nitrogens is 3. The molecule has 0 spiro atoms. The minimum Gasteiger partial charge on any atom is -0.492 e. The van der Waals surface area contributed by atoms with Crippen molar-refractivity contribution in [1.82, 2.24) is 15.0 Å². The summed E-state index contributed by atoms with van der Waals surface area (Å²) < 4.78 is 5.94. The molecular weight excluding hydrogens is 434 g/mol. The standard InChI is InChI=1S/C25H23N5O2S/c1-2-19-14-29-25(33-19)30-24(31)18-5-3-4-16(12-18)13-27-23-20-8-11-32-22(20)21(15-28-23)17-6-9-26-10-7-17/h3-7,9-10,12,14-15H,2,8,11,13H2,1H3,(H,27,28)(H,29,30,31). The number of thiazole rings is 1. The average Bonchev–Trinajstić information content (AvgIpc) is 3.53. The van der Waals surface area contributed by atoms with E-state index in [-0.39, 0.29) is 5.91 Å². The number of rotatable bonds is 7. The highest BCUT2D eigenvalue weighted by Gasteiger charge is 2.22. The number of aryl methyl sites for hydroxylation is 1. The minimum atomic E-state index is -0.164. The lowest BCUT2D eigenvalue weighted by molar-refractivity contribution is 0.102. The van der Waals surface area contributed by atoms with Crippen molar-refractivity contribution in [3.8, 4) is 16.9 Å². The molecule has 0 bridgehead atoms. The molecule has 1 aromatic carbocycles. The molecule has 166 valence electrons. The quantitative estimate of drug-likeness (QED) is 0.408. The Kier molecular flexibility index (Phi) is 5.99. The second kappa shape index (κ2) is 9.38. The van der Waals surface area contributed by atoms with E-state index in [9.17, 15) is 4.79 Å². The van der Waals surface area contributed by atoms with Crippen molar-refractivity contribution >= 4 is 28.2 Å². The third-order valence-electron chi connectivity index (χ3n) is 5.49. The minimum absolute atomic E-state index is 0.164. The molecule has 0 aliphatic carbocycles. The molecule has 0 saturated carbocycles.